The Balaban J connectivity index is 2.22. The Labute approximate surface area is 106 Å². The second kappa shape index (κ2) is 5.91. The summed E-state index contributed by atoms with van der Waals surface area (Å²) in [7, 11) is 0. The van der Waals surface area contributed by atoms with Gasteiger partial charge in [-0.05, 0) is 17.5 Å². The van der Waals surface area contributed by atoms with Crippen LogP contribution in [0.4, 0.5) is 0 Å². The lowest BCUT2D eigenvalue weighted by Gasteiger charge is -2.18. The molecular weight excluding hydrogens is 230 g/mol. The first-order valence-electron chi connectivity index (χ1n) is 5.76. The highest BCUT2D eigenvalue weighted by Crippen LogP contribution is 2.23. The first-order valence-corrected chi connectivity index (χ1v) is 6.64. The average Bonchev–Trinajstić information content (AvgIpc) is 2.89. The molecule has 1 heterocycles. The number of nitrogens with zero attached hydrogens (tertiary/aromatic N) is 1. The van der Waals surface area contributed by atoms with Gasteiger partial charge in [0.2, 0.25) is 0 Å². The van der Waals surface area contributed by atoms with Crippen molar-refractivity contribution in [3.63, 3.8) is 0 Å². The molecule has 90 valence electrons. The van der Waals surface area contributed by atoms with Gasteiger partial charge in [-0.1, -0.05) is 31.2 Å². The predicted molar refractivity (Wildman–Crippen MR) is 71.7 cm³/mol. The fourth-order valence-corrected chi connectivity index (χ4v) is 2.64. The Hall–Kier alpha value is -1.23. The van der Waals surface area contributed by atoms with E-state index in [0.29, 0.717) is 0 Å². The lowest BCUT2D eigenvalue weighted by Crippen LogP contribution is -2.30. The minimum atomic E-state index is 0.159. The van der Waals surface area contributed by atoms with Crippen LogP contribution in [0.15, 0.2) is 36.0 Å². The fraction of sp³-hybridized carbons (Fsp3) is 0.308. The standard InChI is InChI=1S/C13H17N3S/c1-2-10-5-3-4-6-12(10)13(16-14)7-11-8-15-9-17-11/h3-6,8-9,13,16H,2,7,14H2,1H3. The van der Waals surface area contributed by atoms with E-state index in [1.165, 1.54) is 16.0 Å². The number of rotatable bonds is 5. The van der Waals surface area contributed by atoms with Crippen molar-refractivity contribution in [2.45, 2.75) is 25.8 Å². The van der Waals surface area contributed by atoms with E-state index < -0.39 is 0 Å². The van der Waals surface area contributed by atoms with E-state index in [-0.39, 0.29) is 6.04 Å². The van der Waals surface area contributed by atoms with E-state index in [1.807, 2.05) is 11.7 Å². The van der Waals surface area contributed by atoms with Crippen molar-refractivity contribution >= 4 is 11.3 Å². The number of hydrogen-bond acceptors (Lipinski definition) is 4. The van der Waals surface area contributed by atoms with Crippen molar-refractivity contribution in [3.8, 4) is 0 Å². The van der Waals surface area contributed by atoms with E-state index in [9.17, 15) is 0 Å². The molecule has 0 saturated heterocycles. The summed E-state index contributed by atoms with van der Waals surface area (Å²) in [5, 5.41) is 0. The number of nitrogens with one attached hydrogen (secondary N) is 1. The number of hydrogen-bond donors (Lipinski definition) is 2. The van der Waals surface area contributed by atoms with Gasteiger partial charge in [-0.2, -0.15) is 0 Å². The zero-order valence-corrected chi connectivity index (χ0v) is 10.7. The summed E-state index contributed by atoms with van der Waals surface area (Å²) in [6.07, 6.45) is 3.82. The topological polar surface area (TPSA) is 50.9 Å². The first-order chi connectivity index (χ1) is 8.35. The first kappa shape index (κ1) is 12.2. The minimum Gasteiger partial charge on any atom is -0.271 e. The van der Waals surface area contributed by atoms with Gasteiger partial charge in [0, 0.05) is 17.5 Å². The van der Waals surface area contributed by atoms with Gasteiger partial charge in [0.1, 0.15) is 0 Å². The molecule has 2 aromatic rings. The van der Waals surface area contributed by atoms with Crippen LogP contribution >= 0.6 is 11.3 Å². The van der Waals surface area contributed by atoms with Crippen molar-refractivity contribution in [1.29, 1.82) is 0 Å². The quantitative estimate of drug-likeness (QED) is 0.630. The van der Waals surface area contributed by atoms with Crippen molar-refractivity contribution in [1.82, 2.24) is 10.4 Å². The van der Waals surface area contributed by atoms with Crippen LogP contribution in [0.2, 0.25) is 0 Å². The Bertz CT molecular complexity index is 453. The Morgan fingerprint density at radius 3 is 2.88 bits per heavy atom. The smallest absolute Gasteiger partial charge is 0.0794 e. The molecule has 1 aromatic carbocycles. The maximum atomic E-state index is 5.68. The summed E-state index contributed by atoms with van der Waals surface area (Å²) in [6.45, 7) is 2.17. The second-order valence-corrected chi connectivity index (χ2v) is 4.91. The molecule has 0 aliphatic carbocycles. The molecule has 1 unspecified atom stereocenters. The highest BCUT2D eigenvalue weighted by atomic mass is 32.1. The summed E-state index contributed by atoms with van der Waals surface area (Å²) in [6, 6.07) is 8.59. The summed E-state index contributed by atoms with van der Waals surface area (Å²) in [4.78, 5) is 5.34. The largest absolute Gasteiger partial charge is 0.271 e. The molecule has 0 radical (unpaired) electrons. The molecule has 0 aliphatic rings. The summed E-state index contributed by atoms with van der Waals surface area (Å²) in [5.74, 6) is 5.68. The molecular formula is C13H17N3S. The van der Waals surface area contributed by atoms with Crippen LogP contribution in [-0.2, 0) is 12.8 Å². The predicted octanol–water partition coefficient (Wildman–Crippen LogP) is 2.45. The van der Waals surface area contributed by atoms with Crippen molar-refractivity contribution in [3.05, 3.63) is 52.0 Å². The Morgan fingerprint density at radius 2 is 2.24 bits per heavy atom. The third-order valence-corrected chi connectivity index (χ3v) is 3.70. The van der Waals surface area contributed by atoms with Gasteiger partial charge in [0.05, 0.1) is 11.6 Å². The maximum absolute atomic E-state index is 5.68. The van der Waals surface area contributed by atoms with Crippen LogP contribution in [-0.4, -0.2) is 4.98 Å². The molecule has 0 fully saturated rings. The van der Waals surface area contributed by atoms with E-state index in [2.05, 4.69) is 41.6 Å². The third-order valence-electron chi connectivity index (χ3n) is 2.90. The van der Waals surface area contributed by atoms with Crippen LogP contribution in [0, 0.1) is 0 Å². The number of hydrazine groups is 1. The van der Waals surface area contributed by atoms with Crippen LogP contribution in [0.3, 0.4) is 0 Å². The molecule has 3 nitrogen and oxygen atoms in total. The van der Waals surface area contributed by atoms with Crippen LogP contribution < -0.4 is 11.3 Å². The van der Waals surface area contributed by atoms with Crippen LogP contribution in [0.5, 0.6) is 0 Å². The number of nitrogens with two attached hydrogens (primary N) is 1. The third kappa shape index (κ3) is 2.91. The van der Waals surface area contributed by atoms with Gasteiger partial charge in [0.25, 0.3) is 0 Å². The minimum absolute atomic E-state index is 0.159. The van der Waals surface area contributed by atoms with E-state index >= 15 is 0 Å². The molecule has 4 heteroatoms. The Kier molecular flexibility index (Phi) is 4.25. The maximum Gasteiger partial charge on any atom is 0.0794 e. The van der Waals surface area contributed by atoms with Gasteiger partial charge in [0.15, 0.2) is 0 Å². The van der Waals surface area contributed by atoms with E-state index in [0.717, 1.165) is 12.8 Å². The molecule has 3 N–H and O–H groups in total. The van der Waals surface area contributed by atoms with Gasteiger partial charge < -0.3 is 0 Å². The number of thiazole rings is 1. The molecule has 0 bridgehead atoms. The second-order valence-electron chi connectivity index (χ2n) is 3.94. The van der Waals surface area contributed by atoms with Crippen LogP contribution in [0.25, 0.3) is 0 Å². The zero-order chi connectivity index (χ0) is 12.1. The van der Waals surface area contributed by atoms with Crippen LogP contribution in [0.1, 0.15) is 29.0 Å². The van der Waals surface area contributed by atoms with Gasteiger partial charge in [-0.25, -0.2) is 0 Å². The van der Waals surface area contributed by atoms with E-state index in [1.54, 1.807) is 11.3 Å². The van der Waals surface area contributed by atoms with Crippen molar-refractivity contribution < 1.29 is 0 Å². The number of aryl methyl sites for hydroxylation is 1. The van der Waals surface area contributed by atoms with Crippen molar-refractivity contribution in [2.75, 3.05) is 0 Å². The van der Waals surface area contributed by atoms with Gasteiger partial charge in [-0.15, -0.1) is 11.3 Å². The normalized spacial score (nSPS) is 12.6. The SMILES string of the molecule is CCc1ccccc1C(Cc1cncs1)NN. The average molecular weight is 247 g/mol. The fourth-order valence-electron chi connectivity index (χ4n) is 2.00. The summed E-state index contributed by atoms with van der Waals surface area (Å²) in [5.41, 5.74) is 7.40. The molecule has 0 aliphatic heterocycles. The summed E-state index contributed by atoms with van der Waals surface area (Å²) >= 11 is 1.67. The van der Waals surface area contributed by atoms with Crippen molar-refractivity contribution in [2.24, 2.45) is 5.84 Å². The molecule has 1 aromatic heterocycles. The number of benzene rings is 1. The molecule has 1 atom stereocenters. The molecule has 0 spiro atoms. The molecule has 17 heavy (non-hydrogen) atoms. The van der Waals surface area contributed by atoms with Gasteiger partial charge in [-0.3, -0.25) is 16.3 Å². The molecule has 0 saturated carbocycles. The summed E-state index contributed by atoms with van der Waals surface area (Å²) < 4.78 is 0. The van der Waals surface area contributed by atoms with E-state index in [4.69, 9.17) is 5.84 Å². The number of aromatic nitrogens is 1. The monoisotopic (exact) mass is 247 g/mol. The zero-order valence-electron chi connectivity index (χ0n) is 9.89. The highest BCUT2D eigenvalue weighted by molar-refractivity contribution is 7.09. The molecule has 2 rings (SSSR count). The Morgan fingerprint density at radius 1 is 1.41 bits per heavy atom. The highest BCUT2D eigenvalue weighted by Gasteiger charge is 2.14. The lowest BCUT2D eigenvalue weighted by atomic mass is 9.96. The van der Waals surface area contributed by atoms with Gasteiger partial charge >= 0.3 is 0 Å². The molecule has 0 amide bonds. The lowest BCUT2D eigenvalue weighted by molar-refractivity contribution is 0.551.